The molecule has 0 fully saturated rings. The van der Waals surface area contributed by atoms with Gasteiger partial charge in [-0.1, -0.05) is 102 Å². The smallest absolute Gasteiger partial charge is 0.0579 e. The Hall–Kier alpha value is -4.82. The number of hydrogen-bond donors (Lipinski definition) is 0. The van der Waals surface area contributed by atoms with E-state index < -0.39 is 0 Å². The van der Waals surface area contributed by atoms with Crippen LogP contribution in [0, 0.1) is 12.8 Å². The average Bonchev–Trinajstić information content (AvgIpc) is 3.04. The molecule has 1 atom stereocenters. The molecule has 0 bridgehead atoms. The van der Waals surface area contributed by atoms with Crippen LogP contribution in [0.15, 0.2) is 156 Å². The van der Waals surface area contributed by atoms with Crippen LogP contribution in [0.5, 0.6) is 0 Å². The standard InChI is InChI=1S/C40H36N2/c1-29-23-25-35-37(27-29)39(41(31-15-7-3-8-16-31)32-17-9-4-10-18-32)36-26-24-30(2)28-38(36)40(35)42(33-19-11-5-12-20-33)34-21-13-6-14-22-34/h3-5,7-13,15-26,28,37H,6,14,27H2,1-2H3. The van der Waals surface area contributed by atoms with Gasteiger partial charge in [-0.3, -0.25) is 0 Å². The summed E-state index contributed by atoms with van der Waals surface area (Å²) < 4.78 is 0. The van der Waals surface area contributed by atoms with Crippen molar-refractivity contribution in [2.45, 2.75) is 33.1 Å². The number of anilines is 3. The quantitative estimate of drug-likeness (QED) is 0.240. The summed E-state index contributed by atoms with van der Waals surface area (Å²) in [5, 5.41) is 2.57. The number of allylic oxidation sites excluding steroid dienone is 6. The number of fused-ring (bicyclic) bond motifs is 2. The number of para-hydroxylation sites is 3. The van der Waals surface area contributed by atoms with Gasteiger partial charge in [0.05, 0.1) is 5.70 Å². The molecule has 0 heterocycles. The maximum Gasteiger partial charge on any atom is 0.0579 e. The summed E-state index contributed by atoms with van der Waals surface area (Å²) >= 11 is 0. The number of nitrogens with zero attached hydrogens (tertiary/aromatic N) is 2. The highest BCUT2D eigenvalue weighted by Gasteiger charge is 2.36. The molecule has 0 N–H and O–H groups in total. The van der Waals surface area contributed by atoms with Gasteiger partial charge in [0.1, 0.15) is 0 Å². The third kappa shape index (κ3) is 4.73. The Labute approximate surface area is 249 Å². The van der Waals surface area contributed by atoms with Crippen LogP contribution in [0.25, 0.3) is 11.4 Å². The predicted molar refractivity (Wildman–Crippen MR) is 178 cm³/mol. The Bertz CT molecular complexity index is 1820. The molecule has 0 amide bonds. The van der Waals surface area contributed by atoms with E-state index in [2.05, 4.69) is 163 Å². The number of aryl methyl sites for hydroxylation is 1. The minimum Gasteiger partial charge on any atom is -0.313 e. The van der Waals surface area contributed by atoms with Crippen LogP contribution in [0.3, 0.4) is 0 Å². The molecule has 0 radical (unpaired) electrons. The normalized spacial score (nSPS) is 17.5. The zero-order valence-corrected chi connectivity index (χ0v) is 24.4. The molecule has 0 spiro atoms. The van der Waals surface area contributed by atoms with Crippen molar-refractivity contribution in [2.75, 3.05) is 9.80 Å². The van der Waals surface area contributed by atoms with Crippen LogP contribution in [0.4, 0.5) is 17.1 Å². The molecule has 2 nitrogen and oxygen atoms in total. The lowest BCUT2D eigenvalue weighted by Crippen LogP contribution is -2.46. The zero-order chi connectivity index (χ0) is 28.5. The predicted octanol–water partition coefficient (Wildman–Crippen LogP) is 8.70. The first-order valence-corrected chi connectivity index (χ1v) is 15.0. The maximum atomic E-state index is 2.51. The summed E-state index contributed by atoms with van der Waals surface area (Å²) in [6, 6.07) is 39.6. The lowest BCUT2D eigenvalue weighted by molar-refractivity contribution is 0.741. The van der Waals surface area contributed by atoms with Gasteiger partial charge in [-0.05, 0) is 87.2 Å². The van der Waals surface area contributed by atoms with Crippen molar-refractivity contribution >= 4 is 28.5 Å². The molecule has 3 aliphatic carbocycles. The molecule has 206 valence electrons. The largest absolute Gasteiger partial charge is 0.313 e. The van der Waals surface area contributed by atoms with Gasteiger partial charge in [0.25, 0.3) is 0 Å². The third-order valence-corrected chi connectivity index (χ3v) is 8.50. The monoisotopic (exact) mass is 544 g/mol. The van der Waals surface area contributed by atoms with Crippen LogP contribution in [0.1, 0.15) is 31.7 Å². The first-order valence-electron chi connectivity index (χ1n) is 15.0. The fourth-order valence-electron chi connectivity index (χ4n) is 6.61. The molecule has 4 aromatic carbocycles. The van der Waals surface area contributed by atoms with Gasteiger partial charge >= 0.3 is 0 Å². The molecule has 42 heavy (non-hydrogen) atoms. The van der Waals surface area contributed by atoms with E-state index in [1.165, 1.54) is 61.3 Å². The highest BCUT2D eigenvalue weighted by molar-refractivity contribution is 5.92. The SMILES string of the molecule is CC1=CC=C2C(N(C3=CCCC=C3)c3ccccc3)=c3cc(C)ccc3=C(N(c3ccccc3)c3ccccc3)C2C1. The van der Waals surface area contributed by atoms with Crippen LogP contribution in [0.2, 0.25) is 0 Å². The molecule has 0 aliphatic heterocycles. The second-order valence-electron chi connectivity index (χ2n) is 11.5. The Morgan fingerprint density at radius 2 is 1.24 bits per heavy atom. The molecule has 7 rings (SSSR count). The van der Waals surface area contributed by atoms with E-state index in [1.54, 1.807) is 0 Å². The number of rotatable bonds is 6. The highest BCUT2D eigenvalue weighted by atomic mass is 15.2. The van der Waals surface area contributed by atoms with Crippen LogP contribution in [-0.2, 0) is 0 Å². The lowest BCUT2D eigenvalue weighted by Gasteiger charge is -2.41. The summed E-state index contributed by atoms with van der Waals surface area (Å²) in [6.07, 6.45) is 14.9. The second-order valence-corrected chi connectivity index (χ2v) is 11.5. The molecular weight excluding hydrogens is 508 g/mol. The maximum absolute atomic E-state index is 2.51. The van der Waals surface area contributed by atoms with Crippen molar-refractivity contribution in [3.63, 3.8) is 0 Å². The Morgan fingerprint density at radius 3 is 1.83 bits per heavy atom. The van der Waals surface area contributed by atoms with Gasteiger partial charge in [0.15, 0.2) is 0 Å². The van der Waals surface area contributed by atoms with E-state index >= 15 is 0 Å². The lowest BCUT2D eigenvalue weighted by atomic mass is 9.77. The molecular formula is C40H36N2. The Kier molecular flexibility index (Phi) is 6.97. The fraction of sp³-hybridized carbons (Fsp3) is 0.150. The minimum absolute atomic E-state index is 0.194. The van der Waals surface area contributed by atoms with E-state index in [0.29, 0.717) is 0 Å². The molecule has 0 saturated heterocycles. The summed E-state index contributed by atoms with van der Waals surface area (Å²) in [5.74, 6) is 0.194. The van der Waals surface area contributed by atoms with Crippen molar-refractivity contribution in [1.29, 1.82) is 0 Å². The summed E-state index contributed by atoms with van der Waals surface area (Å²) in [5.41, 5.74) is 11.5. The van der Waals surface area contributed by atoms with Gasteiger partial charge in [0.2, 0.25) is 0 Å². The van der Waals surface area contributed by atoms with Crippen LogP contribution < -0.4 is 20.2 Å². The Morgan fingerprint density at radius 1 is 0.619 bits per heavy atom. The summed E-state index contributed by atoms with van der Waals surface area (Å²) in [7, 11) is 0. The molecule has 0 saturated carbocycles. The zero-order valence-electron chi connectivity index (χ0n) is 24.4. The van der Waals surface area contributed by atoms with Crippen molar-refractivity contribution in [3.8, 4) is 0 Å². The van der Waals surface area contributed by atoms with Crippen molar-refractivity contribution in [3.05, 3.63) is 172 Å². The first-order chi connectivity index (χ1) is 20.7. The van der Waals surface area contributed by atoms with E-state index in [9.17, 15) is 0 Å². The molecule has 2 heteroatoms. The van der Waals surface area contributed by atoms with Gasteiger partial charge in [-0.2, -0.15) is 0 Å². The second kappa shape index (κ2) is 11.2. The summed E-state index contributed by atoms with van der Waals surface area (Å²) in [4.78, 5) is 5.00. The molecule has 4 aromatic rings. The highest BCUT2D eigenvalue weighted by Crippen LogP contribution is 2.45. The Balaban J connectivity index is 1.63. The topological polar surface area (TPSA) is 6.48 Å². The molecule has 3 aliphatic rings. The molecule has 1 unspecified atom stereocenters. The van der Waals surface area contributed by atoms with Gasteiger partial charge in [-0.15, -0.1) is 0 Å². The first kappa shape index (κ1) is 26.1. The number of hydrogen-bond acceptors (Lipinski definition) is 2. The van der Waals surface area contributed by atoms with E-state index in [1.807, 2.05) is 0 Å². The van der Waals surface area contributed by atoms with Crippen molar-refractivity contribution in [1.82, 2.24) is 0 Å². The van der Waals surface area contributed by atoms with Gasteiger partial charge in [0, 0.05) is 44.8 Å². The average molecular weight is 545 g/mol. The van der Waals surface area contributed by atoms with Crippen molar-refractivity contribution < 1.29 is 0 Å². The number of benzene rings is 4. The van der Waals surface area contributed by atoms with Crippen LogP contribution >= 0.6 is 0 Å². The minimum atomic E-state index is 0.194. The van der Waals surface area contributed by atoms with Gasteiger partial charge < -0.3 is 9.80 Å². The molecule has 0 aromatic heterocycles. The van der Waals surface area contributed by atoms with E-state index in [4.69, 9.17) is 0 Å². The summed E-state index contributed by atoms with van der Waals surface area (Å²) in [6.45, 7) is 4.48. The van der Waals surface area contributed by atoms with Crippen molar-refractivity contribution in [2.24, 2.45) is 5.92 Å². The fourth-order valence-corrected chi connectivity index (χ4v) is 6.61. The third-order valence-electron chi connectivity index (χ3n) is 8.50. The van der Waals surface area contributed by atoms with E-state index in [-0.39, 0.29) is 5.92 Å². The van der Waals surface area contributed by atoms with Crippen LogP contribution in [-0.4, -0.2) is 0 Å². The van der Waals surface area contributed by atoms with E-state index in [0.717, 1.165) is 19.3 Å². The van der Waals surface area contributed by atoms with Gasteiger partial charge in [-0.25, -0.2) is 0 Å².